The van der Waals surface area contributed by atoms with Crippen LogP contribution in [0, 0.1) is 0 Å². The third kappa shape index (κ3) is 2.90. The molecule has 0 fully saturated rings. The lowest BCUT2D eigenvalue weighted by Gasteiger charge is -1.97. The first-order chi connectivity index (χ1) is 8.27. The van der Waals surface area contributed by atoms with Gasteiger partial charge in [-0.15, -0.1) is 0 Å². The van der Waals surface area contributed by atoms with E-state index in [4.69, 9.17) is 0 Å². The van der Waals surface area contributed by atoms with Crippen molar-refractivity contribution in [2.24, 2.45) is 0 Å². The molecule has 0 spiro atoms. The Balaban J connectivity index is 1.98. The van der Waals surface area contributed by atoms with Gasteiger partial charge in [-0.2, -0.15) is 5.10 Å². The van der Waals surface area contributed by atoms with E-state index in [1.54, 1.807) is 16.9 Å². The van der Waals surface area contributed by atoms with Gasteiger partial charge in [0.25, 0.3) is 0 Å². The van der Waals surface area contributed by atoms with E-state index in [1.807, 2.05) is 24.3 Å². The molecule has 0 unspecified atom stereocenters. The van der Waals surface area contributed by atoms with Crippen molar-refractivity contribution in [1.82, 2.24) is 19.9 Å². The Hall–Kier alpha value is -2.17. The normalized spacial score (nSPS) is 11.1. The van der Waals surface area contributed by atoms with Crippen LogP contribution < -0.4 is 5.32 Å². The number of amides is 1. The van der Waals surface area contributed by atoms with Gasteiger partial charge in [0.2, 0.25) is 5.91 Å². The molecule has 1 N–H and O–H groups in total. The zero-order chi connectivity index (χ0) is 12.1. The molecule has 0 saturated heterocycles. The maximum Gasteiger partial charge on any atom is 0.216 e. The predicted molar refractivity (Wildman–Crippen MR) is 65.3 cm³/mol. The van der Waals surface area contributed by atoms with Crippen LogP contribution in [0.4, 0.5) is 0 Å². The second-order valence-corrected chi connectivity index (χ2v) is 3.65. The van der Waals surface area contributed by atoms with Crippen LogP contribution in [0.3, 0.4) is 0 Å². The van der Waals surface area contributed by atoms with Gasteiger partial charge in [-0.25, -0.2) is 9.50 Å². The van der Waals surface area contributed by atoms with E-state index >= 15 is 0 Å². The van der Waals surface area contributed by atoms with Crippen LogP contribution >= 0.6 is 0 Å². The highest BCUT2D eigenvalue weighted by Crippen LogP contribution is 2.05. The van der Waals surface area contributed by atoms with Crippen LogP contribution in [-0.2, 0) is 4.79 Å². The molecule has 0 aromatic carbocycles. The fourth-order valence-corrected chi connectivity index (χ4v) is 1.50. The van der Waals surface area contributed by atoms with E-state index < -0.39 is 0 Å². The number of rotatable bonds is 4. The van der Waals surface area contributed by atoms with E-state index in [0.29, 0.717) is 6.54 Å². The topological polar surface area (TPSA) is 59.3 Å². The molecule has 5 heteroatoms. The summed E-state index contributed by atoms with van der Waals surface area (Å²) in [6.45, 7) is 2.16. The van der Waals surface area contributed by atoms with E-state index in [2.05, 4.69) is 15.4 Å². The van der Waals surface area contributed by atoms with Crippen molar-refractivity contribution in [3.8, 4) is 0 Å². The van der Waals surface area contributed by atoms with Crippen molar-refractivity contribution < 1.29 is 4.79 Å². The van der Waals surface area contributed by atoms with E-state index in [9.17, 15) is 4.79 Å². The Labute approximate surface area is 99.2 Å². The lowest BCUT2D eigenvalue weighted by atomic mass is 10.3. The van der Waals surface area contributed by atoms with Crippen molar-refractivity contribution in [3.05, 3.63) is 36.3 Å². The zero-order valence-electron chi connectivity index (χ0n) is 9.63. The molecule has 88 valence electrons. The average Bonchev–Trinajstić information content (AvgIpc) is 2.72. The van der Waals surface area contributed by atoms with E-state index in [-0.39, 0.29) is 5.91 Å². The lowest BCUT2D eigenvalue weighted by Crippen LogP contribution is -2.20. The Morgan fingerprint density at radius 1 is 1.59 bits per heavy atom. The van der Waals surface area contributed by atoms with Crippen molar-refractivity contribution in [2.45, 2.75) is 13.3 Å². The summed E-state index contributed by atoms with van der Waals surface area (Å²) in [5, 5.41) is 6.94. The second kappa shape index (κ2) is 5.25. The van der Waals surface area contributed by atoms with Crippen LogP contribution in [0.25, 0.3) is 11.7 Å². The number of imidazole rings is 1. The summed E-state index contributed by atoms with van der Waals surface area (Å²) in [6.07, 6.45) is 8.24. The molecule has 0 atom stereocenters. The van der Waals surface area contributed by atoms with Crippen molar-refractivity contribution >= 4 is 17.6 Å². The molecule has 2 rings (SSSR count). The maximum atomic E-state index is 10.7. The number of fused-ring (bicyclic) bond motifs is 1. The highest BCUT2D eigenvalue weighted by atomic mass is 16.1. The molecule has 0 bridgehead atoms. The van der Waals surface area contributed by atoms with Crippen molar-refractivity contribution in [1.29, 1.82) is 0 Å². The summed E-state index contributed by atoms with van der Waals surface area (Å²) >= 11 is 0. The maximum absolute atomic E-state index is 10.7. The molecule has 5 nitrogen and oxygen atoms in total. The van der Waals surface area contributed by atoms with Gasteiger partial charge < -0.3 is 5.32 Å². The third-order valence-electron chi connectivity index (χ3n) is 2.28. The van der Waals surface area contributed by atoms with Crippen LogP contribution in [0.1, 0.15) is 19.0 Å². The molecule has 0 radical (unpaired) electrons. The van der Waals surface area contributed by atoms with Crippen LogP contribution in [0.15, 0.2) is 30.6 Å². The summed E-state index contributed by atoms with van der Waals surface area (Å²) in [7, 11) is 0. The van der Waals surface area contributed by atoms with Crippen molar-refractivity contribution in [3.63, 3.8) is 0 Å². The standard InChI is InChI=1S/C12H14N4O/c1-10(17)13-7-3-2-5-11-9-14-12-6-4-8-15-16(11)12/h2,4-6,8-9H,3,7H2,1H3,(H,13,17). The van der Waals surface area contributed by atoms with E-state index in [0.717, 1.165) is 17.8 Å². The first-order valence-electron chi connectivity index (χ1n) is 5.47. The highest BCUT2D eigenvalue weighted by molar-refractivity contribution is 5.72. The summed E-state index contributed by atoms with van der Waals surface area (Å²) in [5.74, 6) is -0.00475. The van der Waals surface area contributed by atoms with Crippen molar-refractivity contribution in [2.75, 3.05) is 6.54 Å². The molecule has 0 aliphatic carbocycles. The number of nitrogens with zero attached hydrogens (tertiary/aromatic N) is 3. The first-order valence-corrected chi connectivity index (χ1v) is 5.47. The Morgan fingerprint density at radius 2 is 2.47 bits per heavy atom. The molecule has 2 heterocycles. The minimum atomic E-state index is -0.00475. The van der Waals surface area contributed by atoms with Gasteiger partial charge in [0.05, 0.1) is 11.9 Å². The van der Waals surface area contributed by atoms with Crippen LogP contribution in [-0.4, -0.2) is 27.0 Å². The third-order valence-corrected chi connectivity index (χ3v) is 2.28. The number of hydrogen-bond donors (Lipinski definition) is 1. The van der Waals surface area contributed by atoms with Gasteiger partial charge in [-0.3, -0.25) is 4.79 Å². The number of carbonyl (C=O) groups is 1. The quantitative estimate of drug-likeness (QED) is 0.805. The second-order valence-electron chi connectivity index (χ2n) is 3.65. The SMILES string of the molecule is CC(=O)NCCC=Cc1cnc2cccnn12. The van der Waals surface area contributed by atoms with Gasteiger partial charge in [0, 0.05) is 19.7 Å². The fraction of sp³-hybridized carbons (Fsp3) is 0.250. The van der Waals surface area contributed by atoms with Gasteiger partial charge in [0.15, 0.2) is 5.65 Å². The summed E-state index contributed by atoms with van der Waals surface area (Å²) in [4.78, 5) is 14.9. The number of carbonyl (C=O) groups excluding carboxylic acids is 1. The predicted octanol–water partition coefficient (Wildman–Crippen LogP) is 1.27. The van der Waals surface area contributed by atoms with Gasteiger partial charge in [0.1, 0.15) is 0 Å². The number of aromatic nitrogens is 3. The summed E-state index contributed by atoms with van der Waals surface area (Å²) < 4.78 is 1.77. The fourth-order valence-electron chi connectivity index (χ4n) is 1.50. The average molecular weight is 230 g/mol. The minimum Gasteiger partial charge on any atom is -0.356 e. The molecule has 2 aromatic heterocycles. The molecular formula is C12H14N4O. The largest absolute Gasteiger partial charge is 0.356 e. The smallest absolute Gasteiger partial charge is 0.216 e. The number of nitrogens with one attached hydrogen (secondary N) is 1. The van der Waals surface area contributed by atoms with Crippen LogP contribution in [0.2, 0.25) is 0 Å². The van der Waals surface area contributed by atoms with Gasteiger partial charge >= 0.3 is 0 Å². The molecule has 0 saturated carbocycles. The number of hydrogen-bond acceptors (Lipinski definition) is 3. The van der Waals surface area contributed by atoms with Gasteiger partial charge in [-0.05, 0) is 24.6 Å². The van der Waals surface area contributed by atoms with Gasteiger partial charge in [-0.1, -0.05) is 6.08 Å². The first kappa shape index (κ1) is 11.3. The molecule has 17 heavy (non-hydrogen) atoms. The molecule has 0 aliphatic rings. The minimum absolute atomic E-state index is 0.00475. The summed E-state index contributed by atoms with van der Waals surface area (Å²) in [5.41, 5.74) is 1.76. The Morgan fingerprint density at radius 3 is 3.29 bits per heavy atom. The Kier molecular flexibility index (Phi) is 3.49. The highest BCUT2D eigenvalue weighted by Gasteiger charge is 1.98. The van der Waals surface area contributed by atoms with Crippen LogP contribution in [0.5, 0.6) is 0 Å². The lowest BCUT2D eigenvalue weighted by molar-refractivity contribution is -0.118. The molecular weight excluding hydrogens is 216 g/mol. The zero-order valence-corrected chi connectivity index (χ0v) is 9.63. The molecule has 2 aromatic rings. The molecule has 1 amide bonds. The Bertz CT molecular complexity index is 544. The monoisotopic (exact) mass is 230 g/mol. The summed E-state index contributed by atoms with van der Waals surface area (Å²) in [6, 6.07) is 3.76. The molecule has 0 aliphatic heterocycles. The van der Waals surface area contributed by atoms with E-state index in [1.165, 1.54) is 6.92 Å².